The highest BCUT2D eigenvalue weighted by atomic mass is 14.4. The van der Waals surface area contributed by atoms with Gasteiger partial charge in [-0.25, -0.2) is 0 Å². The SMILES string of the molecule is CN.CN.CN.[CH2]CCCCC. The minimum Gasteiger partial charge on any atom is -0.333 e. The maximum absolute atomic E-state index is 4.50. The maximum Gasteiger partial charge on any atom is -0.0195 e. The Labute approximate surface area is 78.7 Å². The van der Waals surface area contributed by atoms with Crippen LogP contribution in [0.1, 0.15) is 32.6 Å². The summed E-state index contributed by atoms with van der Waals surface area (Å²) in [6.45, 7) is 5.93. The van der Waals surface area contributed by atoms with Crippen LogP contribution in [0.5, 0.6) is 0 Å². The standard InChI is InChI=1S/C6H13.3CH5N/c1-3-5-6-4-2;3*1-2/h1,3-6H2,2H3;3*2H2,1H3. The zero-order valence-corrected chi connectivity index (χ0v) is 9.27. The fraction of sp³-hybridized carbons (Fsp3) is 0.889. The van der Waals surface area contributed by atoms with Crippen molar-refractivity contribution in [3.05, 3.63) is 6.92 Å². The Balaban J connectivity index is -0.0000000453. The molecule has 12 heavy (non-hydrogen) atoms. The molecule has 79 valence electrons. The summed E-state index contributed by atoms with van der Waals surface area (Å²) in [5, 5.41) is 0. The van der Waals surface area contributed by atoms with E-state index in [1.54, 1.807) is 0 Å². The van der Waals surface area contributed by atoms with Gasteiger partial charge in [0.05, 0.1) is 0 Å². The van der Waals surface area contributed by atoms with Gasteiger partial charge in [-0.2, -0.15) is 0 Å². The van der Waals surface area contributed by atoms with E-state index in [9.17, 15) is 0 Å². The Hall–Kier alpha value is -0.120. The van der Waals surface area contributed by atoms with Crippen molar-refractivity contribution in [2.45, 2.75) is 32.6 Å². The normalized spacial score (nSPS) is 6.00. The molecule has 3 nitrogen and oxygen atoms in total. The summed E-state index contributed by atoms with van der Waals surface area (Å²) in [5.41, 5.74) is 13.5. The van der Waals surface area contributed by atoms with Crippen LogP contribution >= 0.6 is 0 Å². The van der Waals surface area contributed by atoms with Gasteiger partial charge in [0, 0.05) is 0 Å². The summed E-state index contributed by atoms with van der Waals surface area (Å²) in [5.74, 6) is 0. The van der Waals surface area contributed by atoms with Crippen LogP contribution in [-0.2, 0) is 0 Å². The highest BCUT2D eigenvalue weighted by Gasteiger charge is 1.75. The van der Waals surface area contributed by atoms with E-state index in [0.717, 1.165) is 6.42 Å². The zero-order valence-electron chi connectivity index (χ0n) is 9.27. The average Bonchev–Trinajstić information content (AvgIpc) is 2.24. The molecular weight excluding hydrogens is 150 g/mol. The lowest BCUT2D eigenvalue weighted by Crippen LogP contribution is -1.69. The number of unbranched alkanes of at least 4 members (excludes halogenated alkanes) is 3. The minimum atomic E-state index is 1.10. The van der Waals surface area contributed by atoms with E-state index in [-0.39, 0.29) is 0 Å². The van der Waals surface area contributed by atoms with Crippen LogP contribution in [-0.4, -0.2) is 21.1 Å². The Morgan fingerprint density at radius 2 is 1.17 bits per heavy atom. The minimum absolute atomic E-state index is 1.10. The lowest BCUT2D eigenvalue weighted by Gasteiger charge is -1.86. The summed E-state index contributed by atoms with van der Waals surface area (Å²) in [6.07, 6.45) is 5.07. The molecule has 0 atom stereocenters. The predicted octanol–water partition coefficient (Wildman–Crippen LogP) is 1.13. The molecule has 6 N–H and O–H groups in total. The van der Waals surface area contributed by atoms with Crippen molar-refractivity contribution < 1.29 is 0 Å². The van der Waals surface area contributed by atoms with Gasteiger partial charge in [-0.1, -0.05) is 39.5 Å². The molecule has 1 radical (unpaired) electrons. The molecule has 0 spiro atoms. The molecule has 0 aromatic rings. The summed E-state index contributed by atoms with van der Waals surface area (Å²) in [4.78, 5) is 0. The van der Waals surface area contributed by atoms with Gasteiger partial charge in [0.15, 0.2) is 0 Å². The molecule has 0 unspecified atom stereocenters. The molecule has 0 aliphatic rings. The second-order valence-corrected chi connectivity index (χ2v) is 1.56. The van der Waals surface area contributed by atoms with Crippen molar-refractivity contribution >= 4 is 0 Å². The molecule has 0 aliphatic heterocycles. The molecule has 0 aliphatic carbocycles. The van der Waals surface area contributed by atoms with Crippen molar-refractivity contribution in [3.63, 3.8) is 0 Å². The molecule has 0 heterocycles. The number of hydrogen-bond donors (Lipinski definition) is 3. The van der Waals surface area contributed by atoms with E-state index in [2.05, 4.69) is 31.0 Å². The lowest BCUT2D eigenvalue weighted by molar-refractivity contribution is 0.728. The van der Waals surface area contributed by atoms with Crippen LogP contribution in [0.15, 0.2) is 0 Å². The molecule has 0 aromatic heterocycles. The fourth-order valence-corrected chi connectivity index (χ4v) is 0.427. The van der Waals surface area contributed by atoms with Crippen LogP contribution in [0.2, 0.25) is 0 Å². The van der Waals surface area contributed by atoms with Crippen molar-refractivity contribution in [2.75, 3.05) is 21.1 Å². The van der Waals surface area contributed by atoms with Crippen molar-refractivity contribution in [1.29, 1.82) is 0 Å². The molecule has 0 amide bonds. The largest absolute Gasteiger partial charge is 0.333 e. The molecule has 0 saturated heterocycles. The van der Waals surface area contributed by atoms with Crippen LogP contribution in [0.4, 0.5) is 0 Å². The molecule has 0 rings (SSSR count). The van der Waals surface area contributed by atoms with E-state index >= 15 is 0 Å². The first-order valence-corrected chi connectivity index (χ1v) is 4.44. The predicted molar refractivity (Wildman–Crippen MR) is 59.8 cm³/mol. The summed E-state index contributed by atoms with van der Waals surface area (Å²) in [6, 6.07) is 0. The van der Waals surface area contributed by atoms with E-state index in [0.29, 0.717) is 0 Å². The molecule has 0 fully saturated rings. The van der Waals surface area contributed by atoms with Gasteiger partial charge >= 0.3 is 0 Å². The van der Waals surface area contributed by atoms with Gasteiger partial charge in [-0.15, -0.1) is 0 Å². The van der Waals surface area contributed by atoms with E-state index in [4.69, 9.17) is 0 Å². The Kier molecular flexibility index (Phi) is 133. The lowest BCUT2D eigenvalue weighted by atomic mass is 10.2. The van der Waals surface area contributed by atoms with Gasteiger partial charge in [0.25, 0.3) is 0 Å². The first-order valence-electron chi connectivity index (χ1n) is 4.44. The Morgan fingerprint density at radius 1 is 0.833 bits per heavy atom. The number of hydrogen-bond acceptors (Lipinski definition) is 3. The highest BCUT2D eigenvalue weighted by molar-refractivity contribution is 4.38. The summed E-state index contributed by atoms with van der Waals surface area (Å²) in [7, 11) is 4.50. The molecule has 0 aromatic carbocycles. The Morgan fingerprint density at radius 3 is 1.25 bits per heavy atom. The van der Waals surface area contributed by atoms with Crippen LogP contribution in [0, 0.1) is 6.92 Å². The summed E-state index contributed by atoms with van der Waals surface area (Å²) < 4.78 is 0. The topological polar surface area (TPSA) is 78.1 Å². The van der Waals surface area contributed by atoms with Crippen molar-refractivity contribution in [2.24, 2.45) is 17.2 Å². The third-order valence-corrected chi connectivity index (χ3v) is 0.854. The molecule has 3 heteroatoms. The molecular formula is C9H28N3. The monoisotopic (exact) mass is 178 g/mol. The first-order chi connectivity index (χ1) is 5.91. The first kappa shape index (κ1) is 22.6. The zero-order chi connectivity index (χ0) is 10.8. The summed E-state index contributed by atoms with van der Waals surface area (Å²) >= 11 is 0. The van der Waals surface area contributed by atoms with Crippen LogP contribution < -0.4 is 17.2 Å². The fourth-order valence-electron chi connectivity index (χ4n) is 0.427. The number of rotatable bonds is 3. The van der Waals surface area contributed by atoms with Crippen LogP contribution in [0.25, 0.3) is 0 Å². The quantitative estimate of drug-likeness (QED) is 0.567. The average molecular weight is 178 g/mol. The van der Waals surface area contributed by atoms with Crippen LogP contribution in [0.3, 0.4) is 0 Å². The molecule has 0 saturated carbocycles. The highest BCUT2D eigenvalue weighted by Crippen LogP contribution is 1.95. The van der Waals surface area contributed by atoms with Gasteiger partial charge in [0.1, 0.15) is 0 Å². The van der Waals surface area contributed by atoms with Gasteiger partial charge < -0.3 is 17.2 Å². The Bertz CT molecular complexity index is 21.7. The second kappa shape index (κ2) is 70.5. The van der Waals surface area contributed by atoms with E-state index < -0.39 is 0 Å². The van der Waals surface area contributed by atoms with Crippen molar-refractivity contribution in [1.82, 2.24) is 0 Å². The third-order valence-electron chi connectivity index (χ3n) is 0.854. The van der Waals surface area contributed by atoms with Gasteiger partial charge in [0.2, 0.25) is 0 Å². The maximum atomic E-state index is 4.50. The van der Waals surface area contributed by atoms with Gasteiger partial charge in [-0.3, -0.25) is 0 Å². The third kappa shape index (κ3) is 93.9. The smallest absolute Gasteiger partial charge is 0.0195 e. The van der Waals surface area contributed by atoms with E-state index in [1.807, 2.05) is 0 Å². The van der Waals surface area contributed by atoms with Crippen molar-refractivity contribution in [3.8, 4) is 0 Å². The number of nitrogens with two attached hydrogens (primary N) is 3. The van der Waals surface area contributed by atoms with E-state index in [1.165, 1.54) is 40.4 Å². The molecule has 0 bridgehead atoms. The second-order valence-electron chi connectivity index (χ2n) is 1.56. The van der Waals surface area contributed by atoms with Gasteiger partial charge in [-0.05, 0) is 21.1 Å².